The van der Waals surface area contributed by atoms with Crippen molar-refractivity contribution in [2.45, 2.75) is 11.4 Å². The number of rotatable bonds is 3. The van der Waals surface area contributed by atoms with Gasteiger partial charge in [0.1, 0.15) is 5.01 Å². The lowest BCUT2D eigenvalue weighted by atomic mass is 10.2. The van der Waals surface area contributed by atoms with Crippen LogP contribution in [0, 0.1) is 0 Å². The van der Waals surface area contributed by atoms with Gasteiger partial charge in [-0.1, -0.05) is 12.1 Å². The van der Waals surface area contributed by atoms with E-state index in [0.29, 0.717) is 11.4 Å². The Morgan fingerprint density at radius 3 is 2.76 bits per heavy atom. The maximum atomic E-state index is 11.4. The summed E-state index contributed by atoms with van der Waals surface area (Å²) in [5, 5.41) is 0.838. The highest BCUT2D eigenvalue weighted by Crippen LogP contribution is 2.27. The summed E-state index contributed by atoms with van der Waals surface area (Å²) in [6, 6.07) is 6.84. The number of aromatic nitrogens is 1. The normalized spacial score (nSPS) is 11.6. The van der Waals surface area contributed by atoms with Crippen LogP contribution in [0.1, 0.15) is 5.01 Å². The molecule has 0 unspecified atom stereocenters. The van der Waals surface area contributed by atoms with Crippen LogP contribution in [0.4, 0.5) is 0 Å². The lowest BCUT2D eigenvalue weighted by Crippen LogP contribution is -1.96. The quantitative estimate of drug-likeness (QED) is 0.919. The van der Waals surface area contributed by atoms with Crippen molar-refractivity contribution in [1.29, 1.82) is 0 Å². The van der Waals surface area contributed by atoms with Crippen LogP contribution in [0.2, 0.25) is 0 Å². The topological polar surface area (TPSA) is 73.0 Å². The Morgan fingerprint density at radius 2 is 2.18 bits per heavy atom. The first kappa shape index (κ1) is 12.2. The van der Waals surface area contributed by atoms with Crippen LogP contribution in [0.3, 0.4) is 0 Å². The summed E-state index contributed by atoms with van der Waals surface area (Å²) < 4.78 is 22.9. The Morgan fingerprint density at radius 1 is 1.41 bits per heavy atom. The minimum atomic E-state index is -3.17. The SMILES string of the molecule is CS(=O)(=O)c1cccc(-c2cnc(CN)s2)c1. The minimum absolute atomic E-state index is 0.317. The van der Waals surface area contributed by atoms with Gasteiger partial charge in [0.05, 0.1) is 9.77 Å². The van der Waals surface area contributed by atoms with E-state index < -0.39 is 9.84 Å². The Hall–Kier alpha value is -1.24. The summed E-state index contributed by atoms with van der Waals surface area (Å²) in [6.45, 7) is 0.399. The molecule has 2 N–H and O–H groups in total. The fourth-order valence-corrected chi connectivity index (χ4v) is 2.88. The maximum absolute atomic E-state index is 11.4. The second-order valence-electron chi connectivity index (χ2n) is 3.62. The Bertz CT molecular complexity index is 632. The first-order chi connectivity index (χ1) is 8.00. The summed E-state index contributed by atoms with van der Waals surface area (Å²) >= 11 is 1.47. The van der Waals surface area contributed by atoms with Gasteiger partial charge < -0.3 is 5.73 Å². The molecular formula is C11H12N2O2S2. The summed E-state index contributed by atoms with van der Waals surface area (Å²) in [5.41, 5.74) is 6.34. The number of nitrogens with zero attached hydrogens (tertiary/aromatic N) is 1. The molecule has 6 heteroatoms. The molecule has 0 aliphatic heterocycles. The average molecular weight is 268 g/mol. The molecule has 0 bridgehead atoms. The predicted octanol–water partition coefficient (Wildman–Crippen LogP) is 1.67. The van der Waals surface area contributed by atoms with Gasteiger partial charge >= 0.3 is 0 Å². The number of hydrogen-bond donors (Lipinski definition) is 1. The molecule has 1 aromatic carbocycles. The summed E-state index contributed by atoms with van der Waals surface area (Å²) in [5.74, 6) is 0. The maximum Gasteiger partial charge on any atom is 0.175 e. The Balaban J connectivity index is 2.46. The lowest BCUT2D eigenvalue weighted by molar-refractivity contribution is 0.602. The van der Waals surface area contributed by atoms with E-state index in [0.717, 1.165) is 15.4 Å². The van der Waals surface area contributed by atoms with Crippen molar-refractivity contribution in [2.75, 3.05) is 6.26 Å². The van der Waals surface area contributed by atoms with Crippen LogP contribution in [0.5, 0.6) is 0 Å². The van der Waals surface area contributed by atoms with Gasteiger partial charge in [-0.15, -0.1) is 11.3 Å². The van der Waals surface area contributed by atoms with Crippen LogP contribution in [-0.2, 0) is 16.4 Å². The van der Waals surface area contributed by atoms with Crippen molar-refractivity contribution >= 4 is 21.2 Å². The van der Waals surface area contributed by atoms with Gasteiger partial charge in [-0.3, -0.25) is 0 Å². The smallest absolute Gasteiger partial charge is 0.175 e. The lowest BCUT2D eigenvalue weighted by Gasteiger charge is -2.01. The Labute approximate surface area is 104 Å². The molecule has 0 spiro atoms. The zero-order chi connectivity index (χ0) is 12.5. The van der Waals surface area contributed by atoms with Gasteiger partial charge in [0.2, 0.25) is 0 Å². The molecule has 2 aromatic rings. The summed E-state index contributed by atoms with van der Waals surface area (Å²) in [6.07, 6.45) is 2.92. The van der Waals surface area contributed by atoms with Gasteiger partial charge in [-0.25, -0.2) is 13.4 Å². The monoisotopic (exact) mass is 268 g/mol. The molecular weight excluding hydrogens is 256 g/mol. The molecule has 90 valence electrons. The molecule has 0 saturated carbocycles. The van der Waals surface area contributed by atoms with E-state index in [1.807, 2.05) is 6.07 Å². The molecule has 0 saturated heterocycles. The van der Waals surface area contributed by atoms with E-state index >= 15 is 0 Å². The zero-order valence-electron chi connectivity index (χ0n) is 9.25. The highest BCUT2D eigenvalue weighted by Gasteiger charge is 2.09. The van der Waals surface area contributed by atoms with Gasteiger partial charge in [-0.2, -0.15) is 0 Å². The van der Waals surface area contributed by atoms with Gasteiger partial charge in [0.25, 0.3) is 0 Å². The van der Waals surface area contributed by atoms with Crippen LogP contribution in [-0.4, -0.2) is 19.7 Å². The molecule has 0 aliphatic carbocycles. The number of hydrogen-bond acceptors (Lipinski definition) is 5. The van der Waals surface area contributed by atoms with E-state index in [-0.39, 0.29) is 0 Å². The van der Waals surface area contributed by atoms with Crippen LogP contribution < -0.4 is 5.73 Å². The zero-order valence-corrected chi connectivity index (χ0v) is 10.9. The van der Waals surface area contributed by atoms with E-state index in [4.69, 9.17) is 5.73 Å². The number of sulfone groups is 1. The third kappa shape index (κ3) is 2.71. The molecule has 1 heterocycles. The van der Waals surface area contributed by atoms with E-state index in [1.54, 1.807) is 24.4 Å². The fraction of sp³-hybridized carbons (Fsp3) is 0.182. The molecule has 0 radical (unpaired) electrons. The minimum Gasteiger partial charge on any atom is -0.325 e. The number of nitrogens with two attached hydrogens (primary N) is 1. The van der Waals surface area contributed by atoms with Crippen molar-refractivity contribution in [3.63, 3.8) is 0 Å². The van der Waals surface area contributed by atoms with Crippen LogP contribution in [0.15, 0.2) is 35.4 Å². The summed E-state index contributed by atoms with van der Waals surface area (Å²) in [4.78, 5) is 5.39. The van der Waals surface area contributed by atoms with E-state index in [2.05, 4.69) is 4.98 Å². The Kier molecular flexibility index (Phi) is 3.28. The highest BCUT2D eigenvalue weighted by molar-refractivity contribution is 7.90. The van der Waals surface area contributed by atoms with Crippen LogP contribution in [0.25, 0.3) is 10.4 Å². The average Bonchev–Trinajstić information content (AvgIpc) is 2.76. The molecule has 4 nitrogen and oxygen atoms in total. The number of thiazole rings is 1. The molecule has 0 amide bonds. The van der Waals surface area contributed by atoms with Crippen molar-refractivity contribution in [1.82, 2.24) is 4.98 Å². The first-order valence-corrected chi connectivity index (χ1v) is 7.67. The van der Waals surface area contributed by atoms with Gasteiger partial charge in [0, 0.05) is 19.0 Å². The third-order valence-electron chi connectivity index (χ3n) is 2.27. The van der Waals surface area contributed by atoms with Gasteiger partial charge in [0.15, 0.2) is 9.84 Å². The van der Waals surface area contributed by atoms with Crippen molar-refractivity contribution in [3.05, 3.63) is 35.5 Å². The first-order valence-electron chi connectivity index (χ1n) is 4.96. The van der Waals surface area contributed by atoms with Crippen molar-refractivity contribution in [2.24, 2.45) is 5.73 Å². The molecule has 17 heavy (non-hydrogen) atoms. The fourth-order valence-electron chi connectivity index (χ4n) is 1.42. The summed E-state index contributed by atoms with van der Waals surface area (Å²) in [7, 11) is -3.17. The molecule has 0 atom stereocenters. The highest BCUT2D eigenvalue weighted by atomic mass is 32.2. The third-order valence-corrected chi connectivity index (χ3v) is 4.45. The molecule has 2 rings (SSSR count). The molecule has 0 fully saturated rings. The second kappa shape index (κ2) is 4.56. The second-order valence-corrected chi connectivity index (χ2v) is 6.75. The molecule has 1 aromatic heterocycles. The predicted molar refractivity (Wildman–Crippen MR) is 68.6 cm³/mol. The van der Waals surface area contributed by atoms with Gasteiger partial charge in [-0.05, 0) is 17.7 Å². The van der Waals surface area contributed by atoms with Crippen molar-refractivity contribution in [3.8, 4) is 10.4 Å². The van der Waals surface area contributed by atoms with E-state index in [1.165, 1.54) is 17.6 Å². The molecule has 0 aliphatic rings. The van der Waals surface area contributed by atoms with Crippen LogP contribution >= 0.6 is 11.3 Å². The largest absolute Gasteiger partial charge is 0.325 e. The van der Waals surface area contributed by atoms with E-state index in [9.17, 15) is 8.42 Å². The standard InChI is InChI=1S/C11H12N2O2S2/c1-17(14,15)9-4-2-3-8(5-9)10-7-13-11(6-12)16-10/h2-5,7H,6,12H2,1H3. The van der Waals surface area contributed by atoms with Crippen molar-refractivity contribution < 1.29 is 8.42 Å². The number of benzene rings is 1.